The first kappa shape index (κ1) is 20.5. The standard InChI is InChI=1S/C18H23N3O5S/c1-19-11-10-18(22)20-14-6-9-16(26-3)17(12-14)27(23,24)21-13-4-7-15(25-2)8-5-13/h4-9,12,19,21H,10-11H2,1-3H3,(H,20,22). The fourth-order valence-corrected chi connectivity index (χ4v) is 3.55. The van der Waals surface area contributed by atoms with E-state index >= 15 is 0 Å². The lowest BCUT2D eigenvalue weighted by Gasteiger charge is -2.14. The monoisotopic (exact) mass is 393 g/mol. The van der Waals surface area contributed by atoms with Crippen LogP contribution in [0.25, 0.3) is 0 Å². The SMILES string of the molecule is CNCCC(=O)Nc1ccc(OC)c(S(=O)(=O)Nc2ccc(OC)cc2)c1. The molecule has 0 heterocycles. The maximum absolute atomic E-state index is 12.8. The van der Waals surface area contributed by atoms with Crippen LogP contribution in [0.3, 0.4) is 0 Å². The molecule has 0 saturated carbocycles. The van der Waals surface area contributed by atoms with Gasteiger partial charge in [0.2, 0.25) is 5.91 Å². The molecule has 146 valence electrons. The minimum Gasteiger partial charge on any atom is -0.497 e. The zero-order valence-corrected chi connectivity index (χ0v) is 16.2. The number of sulfonamides is 1. The van der Waals surface area contributed by atoms with Crippen LogP contribution < -0.4 is 24.8 Å². The van der Waals surface area contributed by atoms with Crippen molar-refractivity contribution >= 4 is 27.3 Å². The van der Waals surface area contributed by atoms with Crippen molar-refractivity contribution in [3.05, 3.63) is 42.5 Å². The summed E-state index contributed by atoms with van der Waals surface area (Å²) in [7, 11) is 0.726. The van der Waals surface area contributed by atoms with E-state index in [1.54, 1.807) is 37.4 Å². The molecule has 0 radical (unpaired) electrons. The first-order valence-corrected chi connectivity index (χ1v) is 9.67. The van der Waals surface area contributed by atoms with E-state index in [9.17, 15) is 13.2 Å². The highest BCUT2D eigenvalue weighted by Crippen LogP contribution is 2.29. The number of hydrogen-bond acceptors (Lipinski definition) is 6. The number of nitrogens with one attached hydrogen (secondary N) is 3. The second-order valence-electron chi connectivity index (χ2n) is 5.60. The van der Waals surface area contributed by atoms with Gasteiger partial charge in [-0.05, 0) is 49.5 Å². The minimum absolute atomic E-state index is 0.0766. The molecule has 0 atom stereocenters. The predicted octanol–water partition coefficient (Wildman–Crippen LogP) is 2.05. The van der Waals surface area contributed by atoms with Gasteiger partial charge in [-0.15, -0.1) is 0 Å². The van der Waals surface area contributed by atoms with Crippen LogP contribution in [-0.2, 0) is 14.8 Å². The average molecular weight is 393 g/mol. The van der Waals surface area contributed by atoms with Gasteiger partial charge < -0.3 is 20.1 Å². The average Bonchev–Trinajstić information content (AvgIpc) is 2.66. The molecule has 0 aliphatic heterocycles. The van der Waals surface area contributed by atoms with Crippen molar-refractivity contribution in [1.82, 2.24) is 5.32 Å². The number of carbonyl (C=O) groups is 1. The third kappa shape index (κ3) is 5.60. The topological polar surface area (TPSA) is 106 Å². The number of rotatable bonds is 9. The van der Waals surface area contributed by atoms with Crippen LogP contribution in [0.1, 0.15) is 6.42 Å². The van der Waals surface area contributed by atoms with Gasteiger partial charge in [0.05, 0.1) is 14.2 Å². The van der Waals surface area contributed by atoms with E-state index in [1.165, 1.54) is 26.4 Å². The summed E-state index contributed by atoms with van der Waals surface area (Å²) in [5.41, 5.74) is 0.744. The molecule has 2 aromatic carbocycles. The number of benzene rings is 2. The molecule has 0 bridgehead atoms. The molecule has 0 saturated heterocycles. The molecule has 0 fully saturated rings. The summed E-state index contributed by atoms with van der Waals surface area (Å²) in [6, 6.07) is 10.9. The summed E-state index contributed by atoms with van der Waals surface area (Å²) in [6.45, 7) is 0.520. The van der Waals surface area contributed by atoms with Gasteiger partial charge in [-0.25, -0.2) is 8.42 Å². The van der Waals surface area contributed by atoms with E-state index < -0.39 is 10.0 Å². The van der Waals surface area contributed by atoms with Crippen molar-refractivity contribution in [2.45, 2.75) is 11.3 Å². The lowest BCUT2D eigenvalue weighted by molar-refractivity contribution is -0.116. The molecule has 8 nitrogen and oxygen atoms in total. The van der Waals surface area contributed by atoms with Crippen LogP contribution in [0.15, 0.2) is 47.4 Å². The molecule has 2 rings (SSSR count). The predicted molar refractivity (Wildman–Crippen MR) is 104 cm³/mol. The molecule has 0 aliphatic rings. The lowest BCUT2D eigenvalue weighted by Crippen LogP contribution is -2.19. The quantitative estimate of drug-likeness (QED) is 0.602. The Balaban J connectivity index is 2.27. The summed E-state index contributed by atoms with van der Waals surface area (Å²) in [4.78, 5) is 11.8. The molecule has 0 aliphatic carbocycles. The van der Waals surface area contributed by atoms with E-state index in [4.69, 9.17) is 9.47 Å². The van der Waals surface area contributed by atoms with Gasteiger partial charge in [-0.3, -0.25) is 9.52 Å². The van der Waals surface area contributed by atoms with E-state index in [0.717, 1.165) is 0 Å². The Morgan fingerprint density at radius 1 is 1.00 bits per heavy atom. The minimum atomic E-state index is -3.93. The molecule has 0 aromatic heterocycles. The molecular weight excluding hydrogens is 370 g/mol. The van der Waals surface area contributed by atoms with Crippen molar-refractivity contribution in [1.29, 1.82) is 0 Å². The Labute approximate surface area is 158 Å². The number of methoxy groups -OCH3 is 2. The van der Waals surface area contributed by atoms with Gasteiger partial charge in [0.15, 0.2) is 0 Å². The van der Waals surface area contributed by atoms with Crippen molar-refractivity contribution in [2.24, 2.45) is 0 Å². The summed E-state index contributed by atoms with van der Waals surface area (Å²) in [5, 5.41) is 5.55. The van der Waals surface area contributed by atoms with Crippen LogP contribution in [0.2, 0.25) is 0 Å². The van der Waals surface area contributed by atoms with Crippen LogP contribution in [-0.4, -0.2) is 42.1 Å². The summed E-state index contributed by atoms with van der Waals surface area (Å²) < 4.78 is 38.3. The van der Waals surface area contributed by atoms with Crippen LogP contribution in [0, 0.1) is 0 Å². The van der Waals surface area contributed by atoms with Crippen LogP contribution in [0.5, 0.6) is 11.5 Å². The van der Waals surface area contributed by atoms with E-state index in [1.807, 2.05) is 0 Å². The molecule has 3 N–H and O–H groups in total. The highest BCUT2D eigenvalue weighted by atomic mass is 32.2. The Kier molecular flexibility index (Phi) is 7.03. The zero-order valence-electron chi connectivity index (χ0n) is 15.4. The molecule has 1 amide bonds. The van der Waals surface area contributed by atoms with Gasteiger partial charge in [0, 0.05) is 24.3 Å². The van der Waals surface area contributed by atoms with Crippen molar-refractivity contribution in [2.75, 3.05) is 37.9 Å². The van der Waals surface area contributed by atoms with Gasteiger partial charge in [0.1, 0.15) is 16.4 Å². The molecule has 0 unspecified atom stereocenters. The number of carbonyl (C=O) groups excluding carboxylic acids is 1. The normalized spacial score (nSPS) is 10.9. The smallest absolute Gasteiger partial charge is 0.265 e. The van der Waals surface area contributed by atoms with E-state index in [0.29, 0.717) is 23.7 Å². The van der Waals surface area contributed by atoms with E-state index in [2.05, 4.69) is 15.4 Å². The second kappa shape index (κ2) is 9.24. The van der Waals surface area contributed by atoms with Crippen LogP contribution in [0.4, 0.5) is 11.4 Å². The highest BCUT2D eigenvalue weighted by molar-refractivity contribution is 7.92. The second-order valence-corrected chi connectivity index (χ2v) is 7.25. The van der Waals surface area contributed by atoms with Gasteiger partial charge in [-0.1, -0.05) is 0 Å². The fraction of sp³-hybridized carbons (Fsp3) is 0.278. The largest absolute Gasteiger partial charge is 0.497 e. The Hall–Kier alpha value is -2.78. The lowest BCUT2D eigenvalue weighted by atomic mass is 10.3. The Bertz CT molecular complexity index is 882. The van der Waals surface area contributed by atoms with Crippen LogP contribution >= 0.6 is 0 Å². The fourth-order valence-electron chi connectivity index (χ4n) is 2.30. The highest BCUT2D eigenvalue weighted by Gasteiger charge is 2.21. The number of amides is 1. The molecule has 0 spiro atoms. The number of ether oxygens (including phenoxy) is 2. The third-order valence-electron chi connectivity index (χ3n) is 3.68. The van der Waals surface area contributed by atoms with Gasteiger partial charge in [-0.2, -0.15) is 0 Å². The van der Waals surface area contributed by atoms with Crippen molar-refractivity contribution in [3.63, 3.8) is 0 Å². The van der Waals surface area contributed by atoms with Crippen molar-refractivity contribution in [3.8, 4) is 11.5 Å². The maximum Gasteiger partial charge on any atom is 0.265 e. The Morgan fingerprint density at radius 3 is 2.26 bits per heavy atom. The Morgan fingerprint density at radius 2 is 1.67 bits per heavy atom. The zero-order chi connectivity index (χ0) is 19.9. The number of anilines is 2. The first-order valence-electron chi connectivity index (χ1n) is 8.19. The third-order valence-corrected chi connectivity index (χ3v) is 5.08. The molecular formula is C18H23N3O5S. The number of hydrogen-bond donors (Lipinski definition) is 3. The summed E-state index contributed by atoms with van der Waals surface area (Å²) >= 11 is 0. The van der Waals surface area contributed by atoms with E-state index in [-0.39, 0.29) is 23.0 Å². The van der Waals surface area contributed by atoms with Crippen molar-refractivity contribution < 1.29 is 22.7 Å². The summed E-state index contributed by atoms with van der Waals surface area (Å²) in [6.07, 6.45) is 0.273. The molecule has 2 aromatic rings. The maximum atomic E-state index is 12.8. The summed E-state index contributed by atoms with van der Waals surface area (Å²) in [5.74, 6) is 0.562. The van der Waals surface area contributed by atoms with Gasteiger partial charge >= 0.3 is 0 Å². The molecule has 27 heavy (non-hydrogen) atoms. The molecule has 9 heteroatoms. The first-order chi connectivity index (χ1) is 12.9. The van der Waals surface area contributed by atoms with Gasteiger partial charge in [0.25, 0.3) is 10.0 Å².